The first-order valence-electron chi connectivity index (χ1n) is 5.69. The Kier molecular flexibility index (Phi) is 4.06. The Labute approximate surface area is 119 Å². The molecule has 5 N–H and O–H groups in total. The average molecular weight is 304 g/mol. The van der Waals surface area contributed by atoms with Gasteiger partial charge < -0.3 is 25.8 Å². The van der Waals surface area contributed by atoms with E-state index in [0.717, 1.165) is 0 Å². The summed E-state index contributed by atoms with van der Waals surface area (Å²) in [5.74, 6) is 0.218. The minimum Gasteiger partial charge on any atom is -0.394 e. The number of anilines is 1. The van der Waals surface area contributed by atoms with Crippen LogP contribution in [-0.4, -0.2) is 59.8 Å². The van der Waals surface area contributed by atoms with Gasteiger partial charge in [0.1, 0.15) is 30.2 Å². The first kappa shape index (κ1) is 14.9. The van der Waals surface area contributed by atoms with E-state index in [1.807, 2.05) is 0 Å². The summed E-state index contributed by atoms with van der Waals surface area (Å²) in [6.45, 7) is -0.390. The summed E-state index contributed by atoms with van der Waals surface area (Å²) in [6.07, 6.45) is -1.42. The number of aliphatic hydroxyl groups is 3. The van der Waals surface area contributed by atoms with Crippen molar-refractivity contribution in [1.82, 2.24) is 19.5 Å². The number of hydrogen-bond acceptors (Lipinski definition) is 8. The van der Waals surface area contributed by atoms with E-state index in [1.54, 1.807) is 0 Å². The molecular weight excluding hydrogens is 290 g/mol. The summed E-state index contributed by atoms with van der Waals surface area (Å²) < 4.78 is 6.85. The van der Waals surface area contributed by atoms with Crippen LogP contribution in [0, 0.1) is 0 Å². The maximum Gasteiger partial charge on any atom is 0.167 e. The lowest BCUT2D eigenvalue weighted by Crippen LogP contribution is -2.33. The van der Waals surface area contributed by atoms with E-state index in [-0.39, 0.29) is 18.2 Å². The van der Waals surface area contributed by atoms with Gasteiger partial charge >= 0.3 is 0 Å². The molecule has 2 aromatic heterocycles. The quantitative estimate of drug-likeness (QED) is 0.522. The molecule has 0 bridgehead atoms. The van der Waals surface area contributed by atoms with Crippen LogP contribution in [0.4, 0.5) is 5.82 Å². The van der Waals surface area contributed by atoms with E-state index in [1.165, 1.54) is 17.2 Å². The van der Waals surface area contributed by atoms with Crippen LogP contribution in [-0.2, 0) is 4.74 Å². The van der Waals surface area contributed by atoms with Gasteiger partial charge in [-0.2, -0.15) is 0 Å². The number of imidazole rings is 1. The molecule has 1 fully saturated rings. The molecule has 4 atom stereocenters. The molecule has 0 saturated carbocycles. The van der Waals surface area contributed by atoms with Gasteiger partial charge in [-0.25, -0.2) is 15.0 Å². The molecule has 2 aromatic rings. The van der Waals surface area contributed by atoms with E-state index in [4.69, 9.17) is 15.6 Å². The summed E-state index contributed by atoms with van der Waals surface area (Å²) in [5, 5.41) is 28.7. The van der Waals surface area contributed by atoms with Crippen LogP contribution in [0.1, 0.15) is 6.23 Å². The molecule has 3 heterocycles. The molecule has 0 radical (unpaired) electrons. The highest BCUT2D eigenvalue weighted by Crippen LogP contribution is 2.31. The number of aromatic nitrogens is 4. The minimum atomic E-state index is -1.19. The lowest BCUT2D eigenvalue weighted by Gasteiger charge is -2.16. The van der Waals surface area contributed by atoms with E-state index in [9.17, 15) is 10.2 Å². The van der Waals surface area contributed by atoms with Crippen LogP contribution in [0.15, 0.2) is 12.7 Å². The van der Waals surface area contributed by atoms with Crippen molar-refractivity contribution in [3.63, 3.8) is 0 Å². The number of nitrogens with two attached hydrogens (primary N) is 1. The zero-order chi connectivity index (χ0) is 13.6. The van der Waals surface area contributed by atoms with Crippen molar-refractivity contribution in [1.29, 1.82) is 0 Å². The summed E-state index contributed by atoms with van der Waals surface area (Å²) in [4.78, 5) is 11.9. The second-order valence-corrected chi connectivity index (χ2v) is 4.31. The zero-order valence-corrected chi connectivity index (χ0v) is 11.0. The topological polar surface area (TPSA) is 140 Å². The Hall–Kier alpha value is -1.52. The molecule has 0 amide bonds. The number of nitrogens with zero attached hydrogens (tertiary/aromatic N) is 4. The molecule has 0 unspecified atom stereocenters. The molecule has 1 aliphatic rings. The van der Waals surface area contributed by atoms with Crippen molar-refractivity contribution >= 4 is 29.4 Å². The molecule has 0 spiro atoms. The Morgan fingerprint density at radius 3 is 2.65 bits per heavy atom. The molecule has 1 saturated heterocycles. The van der Waals surface area contributed by atoms with Gasteiger partial charge in [-0.1, -0.05) is 0 Å². The molecule has 9 nitrogen and oxygen atoms in total. The minimum absolute atomic E-state index is 0. The number of halogens is 1. The number of nitrogen functional groups attached to an aromatic ring is 1. The van der Waals surface area contributed by atoms with Gasteiger partial charge in [-0.15, -0.1) is 12.4 Å². The maximum atomic E-state index is 9.95. The number of ether oxygens (including phenoxy) is 1. The Morgan fingerprint density at radius 2 is 2.00 bits per heavy atom. The summed E-state index contributed by atoms with van der Waals surface area (Å²) in [5.41, 5.74) is 6.44. The SMILES string of the molecule is Cl.Nc1ncnc2c1ncn2[C@@H]1O[C@H](CO)[C@@H](O)[C@H]1O. The molecule has 3 rings (SSSR count). The van der Waals surface area contributed by atoms with Crippen molar-refractivity contribution in [2.75, 3.05) is 12.3 Å². The van der Waals surface area contributed by atoms with Crippen LogP contribution >= 0.6 is 12.4 Å². The number of rotatable bonds is 2. The molecule has 110 valence electrons. The predicted molar refractivity (Wildman–Crippen MR) is 70.0 cm³/mol. The third kappa shape index (κ3) is 2.09. The van der Waals surface area contributed by atoms with E-state index in [2.05, 4.69) is 15.0 Å². The first-order chi connectivity index (χ1) is 9.13. The van der Waals surface area contributed by atoms with E-state index in [0.29, 0.717) is 11.2 Å². The molecule has 10 heteroatoms. The number of hydrogen-bond donors (Lipinski definition) is 4. The van der Waals surface area contributed by atoms with Gasteiger partial charge in [0.2, 0.25) is 0 Å². The van der Waals surface area contributed by atoms with Gasteiger partial charge in [0.05, 0.1) is 12.9 Å². The largest absolute Gasteiger partial charge is 0.394 e. The third-order valence-corrected chi connectivity index (χ3v) is 3.18. The normalized spacial score (nSPS) is 29.6. The summed E-state index contributed by atoms with van der Waals surface area (Å²) in [6, 6.07) is 0. The maximum absolute atomic E-state index is 9.95. The van der Waals surface area contributed by atoms with E-state index >= 15 is 0 Å². The lowest BCUT2D eigenvalue weighted by molar-refractivity contribution is -0.0511. The standard InChI is InChI=1S/C10H13N5O4.ClH/c11-8-5-9(13-2-12-8)15(3-14-5)10-7(18)6(17)4(1-16)19-10;/h2-4,6-7,10,16-18H,1H2,(H2,11,12,13);1H/t4-,6-,7-,10-;/m1./s1. The summed E-state index contributed by atoms with van der Waals surface area (Å²) >= 11 is 0. The van der Waals surface area contributed by atoms with E-state index < -0.39 is 31.1 Å². The van der Waals surface area contributed by atoms with Crippen molar-refractivity contribution < 1.29 is 20.1 Å². The van der Waals surface area contributed by atoms with Crippen LogP contribution in [0.25, 0.3) is 11.2 Å². The van der Waals surface area contributed by atoms with Crippen LogP contribution in [0.5, 0.6) is 0 Å². The van der Waals surface area contributed by atoms with Gasteiger partial charge in [-0.3, -0.25) is 4.57 Å². The fourth-order valence-corrected chi connectivity index (χ4v) is 2.17. The Bertz CT molecular complexity index is 608. The Balaban J connectivity index is 0.00000147. The monoisotopic (exact) mass is 303 g/mol. The fraction of sp³-hybridized carbons (Fsp3) is 0.500. The zero-order valence-electron chi connectivity index (χ0n) is 10.2. The third-order valence-electron chi connectivity index (χ3n) is 3.18. The van der Waals surface area contributed by atoms with Crippen LogP contribution in [0.3, 0.4) is 0 Å². The number of fused-ring (bicyclic) bond motifs is 1. The highest BCUT2D eigenvalue weighted by Gasteiger charge is 2.43. The second kappa shape index (κ2) is 5.46. The van der Waals surface area contributed by atoms with Crippen molar-refractivity contribution in [2.24, 2.45) is 0 Å². The lowest BCUT2D eigenvalue weighted by atomic mass is 10.1. The van der Waals surface area contributed by atoms with Crippen molar-refractivity contribution in [3.8, 4) is 0 Å². The van der Waals surface area contributed by atoms with Gasteiger partial charge in [0, 0.05) is 0 Å². The summed E-state index contributed by atoms with van der Waals surface area (Å²) in [7, 11) is 0. The van der Waals surface area contributed by atoms with Gasteiger partial charge in [0.15, 0.2) is 17.7 Å². The van der Waals surface area contributed by atoms with Crippen molar-refractivity contribution in [2.45, 2.75) is 24.5 Å². The second-order valence-electron chi connectivity index (χ2n) is 4.31. The van der Waals surface area contributed by atoms with Crippen LogP contribution < -0.4 is 5.73 Å². The van der Waals surface area contributed by atoms with Crippen LogP contribution in [0.2, 0.25) is 0 Å². The average Bonchev–Trinajstić information content (AvgIpc) is 2.94. The molecule has 1 aliphatic heterocycles. The van der Waals surface area contributed by atoms with Crippen molar-refractivity contribution in [3.05, 3.63) is 12.7 Å². The molecular formula is C10H14ClN5O4. The van der Waals surface area contributed by atoms with Gasteiger partial charge in [0.25, 0.3) is 0 Å². The molecule has 0 aromatic carbocycles. The molecule has 0 aliphatic carbocycles. The molecule has 20 heavy (non-hydrogen) atoms. The highest BCUT2D eigenvalue weighted by molar-refractivity contribution is 5.85. The van der Waals surface area contributed by atoms with Gasteiger partial charge in [-0.05, 0) is 0 Å². The Morgan fingerprint density at radius 1 is 1.25 bits per heavy atom. The fourth-order valence-electron chi connectivity index (χ4n) is 2.17. The highest BCUT2D eigenvalue weighted by atomic mass is 35.5. The number of aliphatic hydroxyl groups excluding tert-OH is 3. The predicted octanol–water partition coefficient (Wildman–Crippen LogP) is -1.56. The smallest absolute Gasteiger partial charge is 0.167 e. The first-order valence-corrected chi connectivity index (χ1v) is 5.69.